The van der Waals surface area contributed by atoms with Crippen LogP contribution in [-0.4, -0.2) is 25.2 Å². The maximum Gasteiger partial charge on any atom is 0.259 e. The molecule has 154 valence electrons. The van der Waals surface area contributed by atoms with E-state index in [2.05, 4.69) is 39.8 Å². The van der Waals surface area contributed by atoms with Gasteiger partial charge in [-0.25, -0.2) is 9.82 Å². The Morgan fingerprint density at radius 2 is 1.70 bits per heavy atom. The van der Waals surface area contributed by atoms with E-state index in [-0.39, 0.29) is 18.1 Å². The smallest absolute Gasteiger partial charge is 0.259 e. The van der Waals surface area contributed by atoms with E-state index in [4.69, 9.17) is 0 Å². The summed E-state index contributed by atoms with van der Waals surface area (Å²) in [5.41, 5.74) is 5.97. The van der Waals surface area contributed by atoms with Crippen LogP contribution in [-0.2, 0) is 11.3 Å². The van der Waals surface area contributed by atoms with E-state index < -0.39 is 5.82 Å². The fraction of sp³-hybridized carbons (Fsp3) is 0.167. The minimum Gasteiger partial charge on any atom is -0.374 e. The van der Waals surface area contributed by atoms with Crippen molar-refractivity contribution in [3.05, 3.63) is 95.8 Å². The van der Waals surface area contributed by atoms with Crippen molar-refractivity contribution in [2.45, 2.75) is 13.5 Å². The largest absolute Gasteiger partial charge is 0.374 e. The van der Waals surface area contributed by atoms with Crippen molar-refractivity contribution in [3.8, 4) is 0 Å². The number of benzene rings is 3. The average molecular weight is 404 g/mol. The van der Waals surface area contributed by atoms with Crippen LogP contribution in [0.3, 0.4) is 0 Å². The molecule has 2 N–H and O–H groups in total. The number of amides is 1. The molecule has 3 aromatic rings. The summed E-state index contributed by atoms with van der Waals surface area (Å²) in [7, 11) is 0. The zero-order chi connectivity index (χ0) is 21.2. The first-order chi connectivity index (χ1) is 14.7. The van der Waals surface area contributed by atoms with Crippen molar-refractivity contribution in [2.24, 2.45) is 5.10 Å². The Bertz CT molecular complexity index is 974. The lowest BCUT2D eigenvalue weighted by Gasteiger charge is -2.23. The topological polar surface area (TPSA) is 56.7 Å². The van der Waals surface area contributed by atoms with Crippen LogP contribution < -0.4 is 15.6 Å². The second kappa shape index (κ2) is 10.8. The number of para-hydroxylation sites is 1. The summed E-state index contributed by atoms with van der Waals surface area (Å²) >= 11 is 0. The van der Waals surface area contributed by atoms with Gasteiger partial charge in [-0.15, -0.1) is 0 Å². The summed E-state index contributed by atoms with van der Waals surface area (Å²) in [6.07, 6.45) is 1.58. The number of hydrazone groups is 1. The van der Waals surface area contributed by atoms with Crippen LogP contribution in [0.15, 0.2) is 84.0 Å². The number of rotatable bonds is 9. The van der Waals surface area contributed by atoms with E-state index in [9.17, 15) is 9.18 Å². The summed E-state index contributed by atoms with van der Waals surface area (Å²) < 4.78 is 13.5. The number of halogens is 1. The van der Waals surface area contributed by atoms with Crippen molar-refractivity contribution in [3.63, 3.8) is 0 Å². The maximum atomic E-state index is 13.5. The molecule has 0 radical (unpaired) electrons. The van der Waals surface area contributed by atoms with Crippen molar-refractivity contribution in [1.82, 2.24) is 5.43 Å². The summed E-state index contributed by atoms with van der Waals surface area (Å²) in [5.74, 6) is -0.756. The lowest BCUT2D eigenvalue weighted by atomic mass is 10.1. The van der Waals surface area contributed by atoms with Gasteiger partial charge in [-0.2, -0.15) is 5.10 Å². The SMILES string of the molecule is CCN(Cc1ccccc1)c1ccc(/C=N/NC(=O)CNc2ccccc2F)cc1. The molecule has 6 heteroatoms. The number of hydrogen-bond donors (Lipinski definition) is 2. The van der Waals surface area contributed by atoms with E-state index in [0.717, 1.165) is 24.3 Å². The molecule has 0 bridgehead atoms. The van der Waals surface area contributed by atoms with Gasteiger partial charge >= 0.3 is 0 Å². The van der Waals surface area contributed by atoms with Gasteiger partial charge in [0, 0.05) is 18.8 Å². The van der Waals surface area contributed by atoms with Crippen LogP contribution >= 0.6 is 0 Å². The fourth-order valence-corrected chi connectivity index (χ4v) is 2.96. The second-order valence-corrected chi connectivity index (χ2v) is 6.72. The van der Waals surface area contributed by atoms with E-state index in [1.54, 1.807) is 24.4 Å². The summed E-state index contributed by atoms with van der Waals surface area (Å²) in [5, 5.41) is 6.71. The van der Waals surface area contributed by atoms with Crippen LogP contribution in [0.1, 0.15) is 18.1 Å². The van der Waals surface area contributed by atoms with Crippen LogP contribution in [0.25, 0.3) is 0 Å². The average Bonchev–Trinajstić information content (AvgIpc) is 2.78. The summed E-state index contributed by atoms with van der Waals surface area (Å²) in [6.45, 7) is 3.80. The molecule has 0 aliphatic carbocycles. The Hall–Kier alpha value is -3.67. The highest BCUT2D eigenvalue weighted by atomic mass is 19.1. The monoisotopic (exact) mass is 404 g/mol. The molecule has 0 aliphatic heterocycles. The molecule has 0 aromatic heterocycles. The van der Waals surface area contributed by atoms with E-state index >= 15 is 0 Å². The third kappa shape index (κ3) is 6.17. The van der Waals surface area contributed by atoms with E-state index in [0.29, 0.717) is 0 Å². The van der Waals surface area contributed by atoms with E-state index in [1.165, 1.54) is 11.6 Å². The van der Waals surface area contributed by atoms with Crippen LogP contribution in [0.4, 0.5) is 15.8 Å². The predicted molar refractivity (Wildman–Crippen MR) is 120 cm³/mol. The normalized spacial score (nSPS) is 10.7. The van der Waals surface area contributed by atoms with Gasteiger partial charge in [-0.3, -0.25) is 4.79 Å². The van der Waals surface area contributed by atoms with Gasteiger partial charge in [0.15, 0.2) is 0 Å². The molecule has 30 heavy (non-hydrogen) atoms. The fourth-order valence-electron chi connectivity index (χ4n) is 2.96. The number of hydrogen-bond acceptors (Lipinski definition) is 4. The van der Waals surface area contributed by atoms with Gasteiger partial charge in [0.1, 0.15) is 5.82 Å². The van der Waals surface area contributed by atoms with Gasteiger partial charge in [-0.1, -0.05) is 54.6 Å². The molecule has 0 aliphatic rings. The lowest BCUT2D eigenvalue weighted by molar-refractivity contribution is -0.119. The second-order valence-electron chi connectivity index (χ2n) is 6.72. The molecule has 3 aromatic carbocycles. The molecule has 0 saturated carbocycles. The molecule has 0 unspecified atom stereocenters. The first kappa shape index (κ1) is 21.0. The Morgan fingerprint density at radius 3 is 2.40 bits per heavy atom. The third-order valence-electron chi connectivity index (χ3n) is 4.57. The van der Waals surface area contributed by atoms with Crippen molar-refractivity contribution in [1.29, 1.82) is 0 Å². The number of nitrogens with one attached hydrogen (secondary N) is 2. The van der Waals surface area contributed by atoms with Gasteiger partial charge in [-0.05, 0) is 42.3 Å². The van der Waals surface area contributed by atoms with Crippen molar-refractivity contribution in [2.75, 3.05) is 23.3 Å². The Balaban J connectivity index is 1.50. The molecular weight excluding hydrogens is 379 g/mol. The van der Waals surface area contributed by atoms with Crippen LogP contribution in [0, 0.1) is 5.82 Å². The minimum absolute atomic E-state index is 0.0673. The standard InChI is InChI=1S/C24H25FN4O/c1-2-29(18-20-8-4-3-5-9-20)21-14-12-19(13-15-21)16-27-28-24(30)17-26-23-11-7-6-10-22(23)25/h3-16,26H,2,17-18H2,1H3,(H,28,30)/b27-16+. The predicted octanol–water partition coefficient (Wildman–Crippen LogP) is 4.41. The molecule has 0 spiro atoms. The number of carbonyl (C=O) groups excluding carboxylic acids is 1. The summed E-state index contributed by atoms with van der Waals surface area (Å²) in [4.78, 5) is 14.1. The third-order valence-corrected chi connectivity index (χ3v) is 4.57. The highest BCUT2D eigenvalue weighted by Gasteiger charge is 2.05. The first-order valence-corrected chi connectivity index (χ1v) is 9.85. The Morgan fingerprint density at radius 1 is 1.00 bits per heavy atom. The van der Waals surface area contributed by atoms with Crippen molar-refractivity contribution < 1.29 is 9.18 Å². The number of anilines is 2. The first-order valence-electron chi connectivity index (χ1n) is 9.85. The molecule has 3 rings (SSSR count). The lowest BCUT2D eigenvalue weighted by Crippen LogP contribution is -2.26. The zero-order valence-electron chi connectivity index (χ0n) is 16.9. The van der Waals surface area contributed by atoms with Crippen LogP contribution in [0.2, 0.25) is 0 Å². The van der Waals surface area contributed by atoms with E-state index in [1.807, 2.05) is 42.5 Å². The number of carbonyl (C=O) groups is 1. The van der Waals surface area contributed by atoms with Crippen LogP contribution in [0.5, 0.6) is 0 Å². The van der Waals surface area contributed by atoms with Gasteiger partial charge in [0.05, 0.1) is 18.4 Å². The Labute approximate surface area is 176 Å². The highest BCUT2D eigenvalue weighted by molar-refractivity contribution is 5.84. The van der Waals surface area contributed by atoms with Crippen molar-refractivity contribution >= 4 is 23.5 Å². The molecule has 5 nitrogen and oxygen atoms in total. The molecule has 0 heterocycles. The van der Waals surface area contributed by atoms with Gasteiger partial charge in [0.25, 0.3) is 5.91 Å². The molecular formula is C24H25FN4O. The minimum atomic E-state index is -0.401. The maximum absolute atomic E-state index is 13.5. The highest BCUT2D eigenvalue weighted by Crippen LogP contribution is 2.17. The summed E-state index contributed by atoms with van der Waals surface area (Å²) in [6, 6.07) is 24.5. The molecule has 0 saturated heterocycles. The quantitative estimate of drug-likeness (QED) is 0.410. The number of nitrogens with zero attached hydrogens (tertiary/aromatic N) is 2. The molecule has 0 fully saturated rings. The van der Waals surface area contributed by atoms with Gasteiger partial charge in [0.2, 0.25) is 0 Å². The zero-order valence-corrected chi connectivity index (χ0v) is 16.9. The van der Waals surface area contributed by atoms with Gasteiger partial charge < -0.3 is 10.2 Å². The molecule has 0 atom stereocenters. The molecule has 1 amide bonds. The Kier molecular flexibility index (Phi) is 7.55.